The molecule has 7 heteroatoms. The molecule has 2 aromatic rings. The molecule has 1 N–H and O–H groups in total. The molecule has 0 amide bonds. The first-order valence-electron chi connectivity index (χ1n) is 9.30. The number of fused-ring (bicyclic) bond motifs is 1. The smallest absolute Gasteiger partial charge is 0.135 e. The molecular weight excluding hydrogens is 314 g/mol. The number of imidazole rings is 1. The molecule has 0 aliphatic carbocycles. The molecule has 2 aliphatic heterocycles. The molecule has 4 heterocycles. The highest BCUT2D eigenvalue weighted by atomic mass is 15.3. The van der Waals surface area contributed by atoms with Crippen LogP contribution in [-0.4, -0.2) is 70.2 Å². The third-order valence-electron chi connectivity index (χ3n) is 5.18. The fourth-order valence-electron chi connectivity index (χ4n) is 3.77. The number of anilines is 1. The Kier molecular flexibility index (Phi) is 4.94. The van der Waals surface area contributed by atoms with Crippen LogP contribution in [0, 0.1) is 6.92 Å². The Balaban J connectivity index is 1.41. The second kappa shape index (κ2) is 7.49. The van der Waals surface area contributed by atoms with Gasteiger partial charge in [-0.2, -0.15) is 0 Å². The quantitative estimate of drug-likeness (QED) is 0.873. The van der Waals surface area contributed by atoms with Crippen molar-refractivity contribution in [3.63, 3.8) is 0 Å². The SMILES string of the molecule is Cc1nc2c(c(N3CCN(CCn4ccnc4)CC3)n1)CCNCC2. The van der Waals surface area contributed by atoms with Crippen molar-refractivity contribution in [2.45, 2.75) is 26.3 Å². The second-order valence-electron chi connectivity index (χ2n) is 6.90. The zero-order valence-electron chi connectivity index (χ0n) is 15.0. The number of nitrogens with zero attached hydrogens (tertiary/aromatic N) is 6. The van der Waals surface area contributed by atoms with E-state index in [1.165, 1.54) is 17.1 Å². The van der Waals surface area contributed by atoms with Crippen LogP contribution in [0.2, 0.25) is 0 Å². The van der Waals surface area contributed by atoms with Crippen LogP contribution in [0.1, 0.15) is 17.1 Å². The first kappa shape index (κ1) is 16.5. The molecule has 0 unspecified atom stereocenters. The fourth-order valence-corrected chi connectivity index (χ4v) is 3.77. The average Bonchev–Trinajstić information content (AvgIpc) is 3.04. The third kappa shape index (κ3) is 3.82. The lowest BCUT2D eigenvalue weighted by Crippen LogP contribution is -2.48. The van der Waals surface area contributed by atoms with E-state index in [0.29, 0.717) is 0 Å². The van der Waals surface area contributed by atoms with Crippen LogP contribution in [0.15, 0.2) is 18.7 Å². The van der Waals surface area contributed by atoms with Gasteiger partial charge in [-0.3, -0.25) is 4.90 Å². The Hall–Kier alpha value is -1.99. The molecule has 134 valence electrons. The van der Waals surface area contributed by atoms with E-state index in [9.17, 15) is 0 Å². The number of rotatable bonds is 4. The number of aryl methyl sites for hydroxylation is 1. The Morgan fingerprint density at radius 3 is 2.68 bits per heavy atom. The zero-order chi connectivity index (χ0) is 17.1. The summed E-state index contributed by atoms with van der Waals surface area (Å²) >= 11 is 0. The Morgan fingerprint density at radius 2 is 1.88 bits per heavy atom. The van der Waals surface area contributed by atoms with Crippen molar-refractivity contribution < 1.29 is 0 Å². The number of piperazine rings is 1. The molecule has 1 saturated heterocycles. The summed E-state index contributed by atoms with van der Waals surface area (Å²) in [6.45, 7) is 10.4. The van der Waals surface area contributed by atoms with E-state index in [0.717, 1.165) is 71.0 Å². The van der Waals surface area contributed by atoms with Gasteiger partial charge in [-0.05, 0) is 19.9 Å². The highest BCUT2D eigenvalue weighted by molar-refractivity contribution is 5.50. The standard InChI is InChI=1S/C18H27N7/c1-15-21-17-3-5-19-4-2-16(17)18(22-15)25-12-10-23(11-13-25)8-9-24-7-6-20-14-24/h6-7,14,19H,2-5,8-13H2,1H3. The van der Waals surface area contributed by atoms with Crippen molar-refractivity contribution in [2.75, 3.05) is 50.7 Å². The predicted octanol–water partition coefficient (Wildman–Crippen LogP) is 0.492. The molecule has 0 saturated carbocycles. The van der Waals surface area contributed by atoms with Gasteiger partial charge in [0.2, 0.25) is 0 Å². The third-order valence-corrected chi connectivity index (χ3v) is 5.18. The van der Waals surface area contributed by atoms with Gasteiger partial charge in [-0.15, -0.1) is 0 Å². The van der Waals surface area contributed by atoms with Gasteiger partial charge < -0.3 is 14.8 Å². The summed E-state index contributed by atoms with van der Waals surface area (Å²) in [4.78, 5) is 18.6. The molecule has 25 heavy (non-hydrogen) atoms. The van der Waals surface area contributed by atoms with Crippen molar-refractivity contribution >= 4 is 5.82 Å². The van der Waals surface area contributed by atoms with Crippen LogP contribution in [-0.2, 0) is 19.4 Å². The van der Waals surface area contributed by atoms with Gasteiger partial charge in [0.05, 0.1) is 12.0 Å². The van der Waals surface area contributed by atoms with Crippen molar-refractivity contribution in [3.05, 3.63) is 35.8 Å². The first-order valence-corrected chi connectivity index (χ1v) is 9.30. The Bertz CT molecular complexity index is 690. The molecule has 0 aromatic carbocycles. The molecule has 0 atom stereocenters. The molecule has 0 radical (unpaired) electrons. The maximum atomic E-state index is 4.82. The van der Waals surface area contributed by atoms with Gasteiger partial charge in [0, 0.05) is 70.2 Å². The molecular formula is C18H27N7. The van der Waals surface area contributed by atoms with Crippen molar-refractivity contribution in [3.8, 4) is 0 Å². The summed E-state index contributed by atoms with van der Waals surface area (Å²) in [5.41, 5.74) is 2.61. The lowest BCUT2D eigenvalue weighted by atomic mass is 10.1. The van der Waals surface area contributed by atoms with E-state index in [-0.39, 0.29) is 0 Å². The van der Waals surface area contributed by atoms with Crippen molar-refractivity contribution in [2.24, 2.45) is 0 Å². The number of hydrogen-bond donors (Lipinski definition) is 1. The topological polar surface area (TPSA) is 62.1 Å². The fraction of sp³-hybridized carbons (Fsp3) is 0.611. The van der Waals surface area contributed by atoms with Gasteiger partial charge in [-0.1, -0.05) is 0 Å². The molecule has 0 bridgehead atoms. The van der Waals surface area contributed by atoms with E-state index < -0.39 is 0 Å². The van der Waals surface area contributed by atoms with Crippen LogP contribution in [0.5, 0.6) is 0 Å². The Labute approximate surface area is 149 Å². The number of nitrogens with one attached hydrogen (secondary N) is 1. The van der Waals surface area contributed by atoms with Gasteiger partial charge in [0.1, 0.15) is 11.6 Å². The van der Waals surface area contributed by atoms with Crippen LogP contribution in [0.4, 0.5) is 5.82 Å². The summed E-state index contributed by atoms with van der Waals surface area (Å²) in [5, 5.41) is 3.48. The van der Waals surface area contributed by atoms with E-state index in [2.05, 4.69) is 24.7 Å². The minimum atomic E-state index is 0.901. The predicted molar refractivity (Wildman–Crippen MR) is 97.9 cm³/mol. The largest absolute Gasteiger partial charge is 0.354 e. The van der Waals surface area contributed by atoms with Crippen molar-refractivity contribution in [1.29, 1.82) is 0 Å². The van der Waals surface area contributed by atoms with Crippen LogP contribution in [0.3, 0.4) is 0 Å². The minimum Gasteiger partial charge on any atom is -0.354 e. The second-order valence-corrected chi connectivity index (χ2v) is 6.90. The maximum Gasteiger partial charge on any atom is 0.135 e. The van der Waals surface area contributed by atoms with Gasteiger partial charge in [0.15, 0.2) is 0 Å². The van der Waals surface area contributed by atoms with Crippen LogP contribution >= 0.6 is 0 Å². The average molecular weight is 341 g/mol. The Morgan fingerprint density at radius 1 is 1.04 bits per heavy atom. The maximum absolute atomic E-state index is 4.82. The summed E-state index contributed by atoms with van der Waals surface area (Å²) < 4.78 is 2.15. The first-order chi connectivity index (χ1) is 12.3. The highest BCUT2D eigenvalue weighted by Crippen LogP contribution is 2.24. The van der Waals surface area contributed by atoms with E-state index in [4.69, 9.17) is 9.97 Å². The molecule has 1 fully saturated rings. The monoisotopic (exact) mass is 341 g/mol. The summed E-state index contributed by atoms with van der Waals surface area (Å²) in [6, 6.07) is 0. The van der Waals surface area contributed by atoms with E-state index in [1.54, 1.807) is 0 Å². The molecule has 0 spiro atoms. The van der Waals surface area contributed by atoms with Gasteiger partial charge >= 0.3 is 0 Å². The highest BCUT2D eigenvalue weighted by Gasteiger charge is 2.23. The van der Waals surface area contributed by atoms with Crippen LogP contribution in [0.25, 0.3) is 0 Å². The van der Waals surface area contributed by atoms with E-state index >= 15 is 0 Å². The lowest BCUT2D eigenvalue weighted by Gasteiger charge is -2.36. The number of hydrogen-bond acceptors (Lipinski definition) is 6. The van der Waals surface area contributed by atoms with Gasteiger partial charge in [0.25, 0.3) is 0 Å². The van der Waals surface area contributed by atoms with Gasteiger partial charge in [-0.25, -0.2) is 15.0 Å². The minimum absolute atomic E-state index is 0.901. The summed E-state index contributed by atoms with van der Waals surface area (Å²) in [5.74, 6) is 2.08. The molecule has 2 aromatic heterocycles. The lowest BCUT2D eigenvalue weighted by molar-refractivity contribution is 0.247. The molecule has 4 rings (SSSR count). The van der Waals surface area contributed by atoms with Crippen LogP contribution < -0.4 is 10.2 Å². The molecule has 7 nitrogen and oxygen atoms in total. The normalized spacial score (nSPS) is 18.8. The van der Waals surface area contributed by atoms with E-state index in [1.807, 2.05) is 25.6 Å². The summed E-state index contributed by atoms with van der Waals surface area (Å²) in [7, 11) is 0. The number of aromatic nitrogens is 4. The van der Waals surface area contributed by atoms with Crippen molar-refractivity contribution in [1.82, 2.24) is 29.7 Å². The molecule has 2 aliphatic rings. The zero-order valence-corrected chi connectivity index (χ0v) is 15.0. The summed E-state index contributed by atoms with van der Waals surface area (Å²) in [6.07, 6.45) is 7.81.